The molecule has 0 spiro atoms. The molecule has 2 rings (SSSR count). The molecule has 28 heavy (non-hydrogen) atoms. The van der Waals surface area contributed by atoms with E-state index in [9.17, 15) is 22.8 Å². The SMILES string of the molecule is CN(C)Cc1ccc(CNC(=O)CNC(=O)c2ccc(C(F)(F)F)cc2)cc1. The largest absolute Gasteiger partial charge is 0.416 e. The van der Waals surface area contributed by atoms with Crippen LogP contribution < -0.4 is 10.6 Å². The summed E-state index contributed by atoms with van der Waals surface area (Å²) < 4.78 is 37.6. The van der Waals surface area contributed by atoms with Gasteiger partial charge in [0.05, 0.1) is 12.1 Å². The molecule has 0 unspecified atom stereocenters. The van der Waals surface area contributed by atoms with Crippen LogP contribution in [0.5, 0.6) is 0 Å². The van der Waals surface area contributed by atoms with Crippen LogP contribution in [0.2, 0.25) is 0 Å². The van der Waals surface area contributed by atoms with E-state index >= 15 is 0 Å². The third kappa shape index (κ3) is 6.70. The minimum atomic E-state index is -4.46. The molecular formula is C20H22F3N3O2. The van der Waals surface area contributed by atoms with Crippen molar-refractivity contribution in [2.75, 3.05) is 20.6 Å². The zero-order chi connectivity index (χ0) is 20.7. The number of amides is 2. The van der Waals surface area contributed by atoms with Crippen molar-refractivity contribution in [2.45, 2.75) is 19.3 Å². The lowest BCUT2D eigenvalue weighted by Crippen LogP contribution is -2.36. The van der Waals surface area contributed by atoms with Gasteiger partial charge in [-0.25, -0.2) is 0 Å². The number of rotatable bonds is 7. The monoisotopic (exact) mass is 393 g/mol. The summed E-state index contributed by atoms with van der Waals surface area (Å²) in [6.07, 6.45) is -4.46. The average Bonchev–Trinajstić information content (AvgIpc) is 2.64. The first-order valence-corrected chi connectivity index (χ1v) is 8.60. The van der Waals surface area contributed by atoms with Crippen LogP contribution in [0.4, 0.5) is 13.2 Å². The fourth-order valence-electron chi connectivity index (χ4n) is 2.46. The van der Waals surface area contributed by atoms with E-state index in [2.05, 4.69) is 15.5 Å². The normalized spacial score (nSPS) is 11.4. The first-order valence-electron chi connectivity index (χ1n) is 8.60. The van der Waals surface area contributed by atoms with Crippen LogP contribution in [0.3, 0.4) is 0 Å². The molecule has 8 heteroatoms. The molecular weight excluding hydrogens is 371 g/mol. The van der Waals surface area contributed by atoms with E-state index in [4.69, 9.17) is 0 Å². The summed E-state index contributed by atoms with van der Waals surface area (Å²) in [4.78, 5) is 25.9. The molecule has 0 saturated carbocycles. The summed E-state index contributed by atoms with van der Waals surface area (Å²) in [5, 5.41) is 5.07. The Labute approximate surface area is 161 Å². The predicted molar refractivity (Wildman–Crippen MR) is 99.5 cm³/mol. The minimum Gasteiger partial charge on any atom is -0.350 e. The third-order valence-corrected chi connectivity index (χ3v) is 3.90. The molecule has 0 aliphatic rings. The second-order valence-electron chi connectivity index (χ2n) is 6.59. The molecule has 0 saturated heterocycles. The van der Waals surface area contributed by atoms with Gasteiger partial charge in [0, 0.05) is 18.7 Å². The van der Waals surface area contributed by atoms with Crippen LogP contribution in [0, 0.1) is 0 Å². The van der Waals surface area contributed by atoms with Crippen molar-refractivity contribution < 1.29 is 22.8 Å². The fraction of sp³-hybridized carbons (Fsp3) is 0.300. The molecule has 2 N–H and O–H groups in total. The standard InChI is InChI=1S/C20H22F3N3O2/c1-26(2)13-15-5-3-14(4-6-15)11-24-18(27)12-25-19(28)16-7-9-17(10-8-16)20(21,22)23/h3-10H,11-13H2,1-2H3,(H,24,27)(H,25,28). The van der Waals surface area contributed by atoms with Gasteiger partial charge in [-0.3, -0.25) is 9.59 Å². The summed E-state index contributed by atoms with van der Waals surface area (Å²) >= 11 is 0. The third-order valence-electron chi connectivity index (χ3n) is 3.90. The van der Waals surface area contributed by atoms with Crippen LogP contribution in [-0.4, -0.2) is 37.4 Å². The predicted octanol–water partition coefficient (Wildman–Crippen LogP) is 2.81. The van der Waals surface area contributed by atoms with Gasteiger partial charge in [0.25, 0.3) is 5.91 Å². The molecule has 150 valence electrons. The average molecular weight is 393 g/mol. The number of nitrogens with zero attached hydrogens (tertiary/aromatic N) is 1. The van der Waals surface area contributed by atoms with Gasteiger partial charge in [0.1, 0.15) is 0 Å². The smallest absolute Gasteiger partial charge is 0.350 e. The summed E-state index contributed by atoms with van der Waals surface area (Å²) in [5.41, 5.74) is 1.30. The van der Waals surface area contributed by atoms with Gasteiger partial charge >= 0.3 is 6.18 Å². The van der Waals surface area contributed by atoms with Gasteiger partial charge < -0.3 is 15.5 Å². The Kier molecular flexibility index (Phi) is 7.17. The van der Waals surface area contributed by atoms with E-state index in [1.165, 1.54) is 0 Å². The first-order chi connectivity index (χ1) is 13.1. The lowest BCUT2D eigenvalue weighted by molar-refractivity contribution is -0.137. The van der Waals surface area contributed by atoms with Crippen LogP contribution in [0.1, 0.15) is 27.0 Å². The molecule has 0 aromatic heterocycles. The van der Waals surface area contributed by atoms with Crippen LogP contribution in [0.15, 0.2) is 48.5 Å². The molecule has 0 aliphatic carbocycles. The lowest BCUT2D eigenvalue weighted by Gasteiger charge is -2.11. The zero-order valence-electron chi connectivity index (χ0n) is 15.6. The number of carbonyl (C=O) groups excluding carboxylic acids is 2. The second kappa shape index (κ2) is 9.36. The van der Waals surface area contributed by atoms with Gasteiger partial charge in [0.15, 0.2) is 0 Å². The number of hydrogen-bond acceptors (Lipinski definition) is 3. The van der Waals surface area contributed by atoms with Crippen molar-refractivity contribution in [3.8, 4) is 0 Å². The molecule has 2 amide bonds. The molecule has 0 radical (unpaired) electrons. The Morgan fingerprint density at radius 3 is 2.00 bits per heavy atom. The van der Waals surface area contributed by atoms with E-state index in [1.807, 2.05) is 38.4 Å². The Hall–Kier alpha value is -2.87. The van der Waals surface area contributed by atoms with Crippen LogP contribution in [0.25, 0.3) is 0 Å². The zero-order valence-corrected chi connectivity index (χ0v) is 15.6. The second-order valence-corrected chi connectivity index (χ2v) is 6.59. The number of alkyl halides is 3. The molecule has 2 aromatic rings. The van der Waals surface area contributed by atoms with E-state index < -0.39 is 23.6 Å². The number of nitrogens with one attached hydrogen (secondary N) is 2. The van der Waals surface area contributed by atoms with Gasteiger partial charge in [-0.15, -0.1) is 0 Å². The van der Waals surface area contributed by atoms with Crippen molar-refractivity contribution in [1.29, 1.82) is 0 Å². The number of hydrogen-bond donors (Lipinski definition) is 2. The Balaban J connectivity index is 1.78. The minimum absolute atomic E-state index is 0.0530. The lowest BCUT2D eigenvalue weighted by atomic mass is 10.1. The van der Waals surface area contributed by atoms with Crippen molar-refractivity contribution in [1.82, 2.24) is 15.5 Å². The van der Waals surface area contributed by atoms with Gasteiger partial charge in [-0.05, 0) is 49.5 Å². The highest BCUT2D eigenvalue weighted by Crippen LogP contribution is 2.29. The topological polar surface area (TPSA) is 61.4 Å². The highest BCUT2D eigenvalue weighted by atomic mass is 19.4. The maximum Gasteiger partial charge on any atom is 0.416 e. The molecule has 2 aromatic carbocycles. The van der Waals surface area contributed by atoms with E-state index in [0.717, 1.165) is 41.9 Å². The Morgan fingerprint density at radius 2 is 1.46 bits per heavy atom. The fourth-order valence-corrected chi connectivity index (χ4v) is 2.46. The van der Waals surface area contributed by atoms with Gasteiger partial charge in [0.2, 0.25) is 5.91 Å². The highest BCUT2D eigenvalue weighted by Gasteiger charge is 2.30. The highest BCUT2D eigenvalue weighted by molar-refractivity contribution is 5.96. The number of halogens is 3. The maximum atomic E-state index is 12.5. The summed E-state index contributed by atoms with van der Waals surface area (Å²) in [7, 11) is 3.96. The van der Waals surface area contributed by atoms with Crippen molar-refractivity contribution in [3.05, 3.63) is 70.8 Å². The number of carbonyl (C=O) groups is 2. The first kappa shape index (κ1) is 21.4. The van der Waals surface area contributed by atoms with E-state index in [1.54, 1.807) is 0 Å². The summed E-state index contributed by atoms with van der Waals surface area (Å²) in [5.74, 6) is -1.01. The molecule has 0 bridgehead atoms. The maximum absolute atomic E-state index is 12.5. The van der Waals surface area contributed by atoms with Crippen molar-refractivity contribution >= 4 is 11.8 Å². The van der Waals surface area contributed by atoms with E-state index in [-0.39, 0.29) is 12.1 Å². The summed E-state index contributed by atoms with van der Waals surface area (Å²) in [6, 6.07) is 11.6. The Morgan fingerprint density at radius 1 is 0.893 bits per heavy atom. The number of benzene rings is 2. The molecule has 0 atom stereocenters. The molecule has 0 fully saturated rings. The quantitative estimate of drug-likeness (QED) is 0.761. The van der Waals surface area contributed by atoms with Gasteiger partial charge in [-0.1, -0.05) is 24.3 Å². The molecule has 5 nitrogen and oxygen atoms in total. The van der Waals surface area contributed by atoms with Crippen LogP contribution >= 0.6 is 0 Å². The summed E-state index contributed by atoms with van der Waals surface area (Å²) in [6.45, 7) is 0.873. The molecule has 0 aliphatic heterocycles. The Bertz CT molecular complexity index is 801. The van der Waals surface area contributed by atoms with Crippen LogP contribution in [-0.2, 0) is 24.1 Å². The van der Waals surface area contributed by atoms with Gasteiger partial charge in [-0.2, -0.15) is 13.2 Å². The molecule has 0 heterocycles. The van der Waals surface area contributed by atoms with E-state index in [0.29, 0.717) is 6.54 Å². The van der Waals surface area contributed by atoms with Crippen molar-refractivity contribution in [3.63, 3.8) is 0 Å². The van der Waals surface area contributed by atoms with Crippen molar-refractivity contribution in [2.24, 2.45) is 0 Å².